The van der Waals surface area contributed by atoms with Crippen LogP contribution in [0.25, 0.3) is 0 Å². The highest BCUT2D eigenvalue weighted by Crippen LogP contribution is 2.38. The molecular formula is C48H61NO4. The second-order valence-corrected chi connectivity index (χ2v) is 14.1. The van der Waals surface area contributed by atoms with Gasteiger partial charge in [-0.15, -0.1) is 0 Å². The number of ether oxygens (including phenoxy) is 2. The molecule has 0 amide bonds. The number of benzene rings is 4. The summed E-state index contributed by atoms with van der Waals surface area (Å²) in [5, 5.41) is 3.84. The van der Waals surface area contributed by atoms with Gasteiger partial charge in [-0.1, -0.05) is 218 Å². The van der Waals surface area contributed by atoms with E-state index in [1.54, 1.807) is 6.08 Å². The first-order valence-corrected chi connectivity index (χ1v) is 20.0. The van der Waals surface area contributed by atoms with Gasteiger partial charge in [-0.05, 0) is 28.7 Å². The van der Waals surface area contributed by atoms with Gasteiger partial charge >= 0.3 is 5.97 Å². The zero-order valence-electron chi connectivity index (χ0n) is 31.9. The summed E-state index contributed by atoms with van der Waals surface area (Å²) in [6.07, 6.45) is 16.5. The van der Waals surface area contributed by atoms with Gasteiger partial charge in [-0.3, -0.25) is 14.9 Å². The highest BCUT2D eigenvalue weighted by molar-refractivity contribution is 6.02. The third-order valence-electron chi connectivity index (χ3n) is 10.1. The van der Waals surface area contributed by atoms with Crippen molar-refractivity contribution in [2.45, 2.75) is 109 Å². The van der Waals surface area contributed by atoms with E-state index < -0.39 is 23.5 Å². The van der Waals surface area contributed by atoms with Crippen LogP contribution in [0.5, 0.6) is 0 Å². The second-order valence-electron chi connectivity index (χ2n) is 14.1. The van der Waals surface area contributed by atoms with Crippen molar-refractivity contribution >= 4 is 11.8 Å². The number of unbranched alkanes of at least 4 members (excludes halogenated alkanes) is 11. The molecule has 0 aliphatic rings. The number of esters is 1. The molecule has 2 atom stereocenters. The summed E-state index contributed by atoms with van der Waals surface area (Å²) in [7, 11) is 0. The Hall–Kier alpha value is -4.32. The smallest absolute Gasteiger partial charge is 0.316 e. The minimum absolute atomic E-state index is 0.0612. The largest absolute Gasteiger partial charge is 0.461 e. The van der Waals surface area contributed by atoms with E-state index >= 15 is 0 Å². The Bertz CT molecular complexity index is 1480. The lowest BCUT2D eigenvalue weighted by Crippen LogP contribution is -2.56. The number of ketones is 1. The molecule has 0 spiro atoms. The molecule has 0 fully saturated rings. The molecule has 4 aromatic rings. The minimum Gasteiger partial charge on any atom is -0.461 e. The first-order valence-electron chi connectivity index (χ1n) is 20.0. The van der Waals surface area contributed by atoms with Crippen molar-refractivity contribution in [2.24, 2.45) is 5.92 Å². The van der Waals surface area contributed by atoms with Crippen LogP contribution in [0.4, 0.5) is 0 Å². The Morgan fingerprint density at radius 1 is 0.642 bits per heavy atom. The van der Waals surface area contributed by atoms with E-state index in [0.717, 1.165) is 41.5 Å². The standard InChI is InChI=1S/C48H61NO4/c1-3-5-6-7-8-9-10-11-12-13-14-27-36-44(47(51)53-37-4-2)46(50)45(39-52-38-40-28-19-15-20-29-40)49-48(41-30-21-16-22-31-41,42-32-23-17-24-33-42)43-34-25-18-26-35-43/h4,15-26,28-35,44-45,49H,2-3,5-14,27,36-39H2,1H3/t44?,45-/m0/s1. The van der Waals surface area contributed by atoms with Gasteiger partial charge in [0, 0.05) is 0 Å². The van der Waals surface area contributed by atoms with Crippen LogP contribution in [0.2, 0.25) is 0 Å². The molecule has 282 valence electrons. The van der Waals surface area contributed by atoms with E-state index in [4.69, 9.17) is 9.47 Å². The van der Waals surface area contributed by atoms with Crippen molar-refractivity contribution in [2.75, 3.05) is 13.2 Å². The number of Topliss-reactive ketones (excluding diaryl/α,β-unsaturated/α-hetero) is 1. The van der Waals surface area contributed by atoms with Crippen LogP contribution in [0.15, 0.2) is 134 Å². The second kappa shape index (κ2) is 24.1. The predicted octanol–water partition coefficient (Wildman–Crippen LogP) is 11.2. The molecule has 0 radical (unpaired) electrons. The van der Waals surface area contributed by atoms with Crippen molar-refractivity contribution in [1.82, 2.24) is 5.32 Å². The topological polar surface area (TPSA) is 64.6 Å². The van der Waals surface area contributed by atoms with Crippen LogP contribution in [-0.2, 0) is 31.2 Å². The maximum atomic E-state index is 14.9. The lowest BCUT2D eigenvalue weighted by atomic mass is 9.76. The molecule has 4 aromatic carbocycles. The number of carbonyl (C=O) groups is 2. The number of hydrogen-bond donors (Lipinski definition) is 1. The van der Waals surface area contributed by atoms with Crippen LogP contribution in [0, 0.1) is 5.92 Å². The van der Waals surface area contributed by atoms with Crippen LogP contribution < -0.4 is 5.32 Å². The van der Waals surface area contributed by atoms with E-state index in [1.807, 2.05) is 84.9 Å². The molecule has 0 bridgehead atoms. The number of hydrogen-bond acceptors (Lipinski definition) is 5. The van der Waals surface area contributed by atoms with Crippen molar-refractivity contribution < 1.29 is 19.1 Å². The van der Waals surface area contributed by atoms with Gasteiger partial charge in [-0.25, -0.2) is 0 Å². The lowest BCUT2D eigenvalue weighted by molar-refractivity contribution is -0.152. The van der Waals surface area contributed by atoms with Gasteiger partial charge in [0.1, 0.15) is 12.5 Å². The van der Waals surface area contributed by atoms with Crippen molar-refractivity contribution in [1.29, 1.82) is 0 Å². The van der Waals surface area contributed by atoms with E-state index in [1.165, 1.54) is 57.8 Å². The molecule has 4 rings (SSSR count). The highest BCUT2D eigenvalue weighted by atomic mass is 16.5. The highest BCUT2D eigenvalue weighted by Gasteiger charge is 2.42. The van der Waals surface area contributed by atoms with Crippen molar-refractivity contribution in [3.63, 3.8) is 0 Å². The first kappa shape index (κ1) is 41.4. The molecule has 53 heavy (non-hydrogen) atoms. The Labute approximate surface area is 319 Å². The zero-order valence-corrected chi connectivity index (χ0v) is 31.9. The maximum Gasteiger partial charge on any atom is 0.316 e. The number of rotatable bonds is 27. The summed E-state index contributed by atoms with van der Waals surface area (Å²) in [4.78, 5) is 28.6. The van der Waals surface area contributed by atoms with Crippen molar-refractivity contribution in [3.8, 4) is 0 Å². The van der Waals surface area contributed by atoms with Crippen LogP contribution in [0.3, 0.4) is 0 Å². The van der Waals surface area contributed by atoms with E-state index in [9.17, 15) is 9.59 Å². The van der Waals surface area contributed by atoms with Crippen molar-refractivity contribution in [3.05, 3.63) is 156 Å². The first-order chi connectivity index (χ1) is 26.1. The Morgan fingerprint density at radius 3 is 1.53 bits per heavy atom. The quantitative estimate of drug-likeness (QED) is 0.0219. The van der Waals surface area contributed by atoms with Crippen LogP contribution in [0.1, 0.15) is 113 Å². The molecule has 0 saturated carbocycles. The average Bonchev–Trinajstić information content (AvgIpc) is 3.21. The van der Waals surface area contributed by atoms with Gasteiger partial charge in [0.15, 0.2) is 5.78 Å². The fraction of sp³-hybridized carbons (Fsp3) is 0.417. The molecule has 1 N–H and O–H groups in total. The van der Waals surface area contributed by atoms with E-state index in [-0.39, 0.29) is 19.0 Å². The maximum absolute atomic E-state index is 14.9. The Morgan fingerprint density at radius 2 is 1.08 bits per heavy atom. The Balaban J connectivity index is 1.58. The fourth-order valence-corrected chi connectivity index (χ4v) is 7.19. The fourth-order valence-electron chi connectivity index (χ4n) is 7.19. The molecule has 1 unspecified atom stereocenters. The van der Waals surface area contributed by atoms with E-state index in [0.29, 0.717) is 13.0 Å². The number of nitrogens with one attached hydrogen (secondary N) is 1. The third kappa shape index (κ3) is 13.2. The molecule has 5 nitrogen and oxygen atoms in total. The van der Waals surface area contributed by atoms with Gasteiger partial charge in [0.25, 0.3) is 0 Å². The molecular weight excluding hydrogens is 655 g/mol. The average molecular weight is 716 g/mol. The molecule has 0 aliphatic carbocycles. The van der Waals surface area contributed by atoms with Crippen LogP contribution >= 0.6 is 0 Å². The third-order valence-corrected chi connectivity index (χ3v) is 10.1. The number of carbonyl (C=O) groups excluding carboxylic acids is 2. The summed E-state index contributed by atoms with van der Waals surface area (Å²) in [5.41, 5.74) is 3.02. The predicted molar refractivity (Wildman–Crippen MR) is 218 cm³/mol. The van der Waals surface area contributed by atoms with Crippen LogP contribution in [-0.4, -0.2) is 31.0 Å². The summed E-state index contributed by atoms with van der Waals surface area (Å²) < 4.78 is 11.9. The molecule has 0 aromatic heterocycles. The summed E-state index contributed by atoms with van der Waals surface area (Å²) in [6.45, 7) is 6.46. The molecule has 5 heteroatoms. The van der Waals surface area contributed by atoms with Gasteiger partial charge in [0.2, 0.25) is 0 Å². The monoisotopic (exact) mass is 715 g/mol. The van der Waals surface area contributed by atoms with E-state index in [2.05, 4.69) is 55.2 Å². The SMILES string of the molecule is C=CCOC(=O)C(CCCCCCCCCCCCCC)C(=O)[C@H](COCc1ccccc1)NC(c1ccccc1)(c1ccccc1)c1ccccc1. The van der Waals surface area contributed by atoms with Gasteiger partial charge in [-0.2, -0.15) is 0 Å². The zero-order chi connectivity index (χ0) is 37.4. The Kier molecular flexibility index (Phi) is 18.8. The summed E-state index contributed by atoms with van der Waals surface area (Å²) in [5.74, 6) is -1.66. The summed E-state index contributed by atoms with van der Waals surface area (Å²) in [6, 6.07) is 39.7. The lowest BCUT2D eigenvalue weighted by Gasteiger charge is -2.40. The molecule has 0 saturated heterocycles. The molecule has 0 heterocycles. The normalized spacial score (nSPS) is 12.5. The van der Waals surface area contributed by atoms with Gasteiger partial charge < -0.3 is 9.47 Å². The summed E-state index contributed by atoms with van der Waals surface area (Å²) >= 11 is 0. The van der Waals surface area contributed by atoms with Gasteiger partial charge in [0.05, 0.1) is 24.8 Å². The molecule has 0 aliphatic heterocycles. The minimum atomic E-state index is -0.934.